The summed E-state index contributed by atoms with van der Waals surface area (Å²) >= 11 is 1.66. The van der Waals surface area contributed by atoms with Crippen molar-refractivity contribution in [2.24, 2.45) is 0 Å². The number of carbonyl (C=O) groups is 2. The van der Waals surface area contributed by atoms with Gasteiger partial charge in [-0.3, -0.25) is 9.59 Å². The molecular formula is C30H33NO7S. The molecule has 1 heterocycles. The van der Waals surface area contributed by atoms with E-state index in [4.69, 9.17) is 19.3 Å². The summed E-state index contributed by atoms with van der Waals surface area (Å²) in [5.74, 6) is 0.335. The molecule has 0 unspecified atom stereocenters. The van der Waals surface area contributed by atoms with Crippen LogP contribution in [0.15, 0.2) is 77.7 Å². The quantitative estimate of drug-likeness (QED) is 0.245. The van der Waals surface area contributed by atoms with Gasteiger partial charge in [0.15, 0.2) is 6.29 Å². The first-order valence-corrected chi connectivity index (χ1v) is 13.8. The van der Waals surface area contributed by atoms with E-state index in [0.717, 1.165) is 27.3 Å². The summed E-state index contributed by atoms with van der Waals surface area (Å²) in [4.78, 5) is 24.1. The average Bonchev–Trinajstić information content (AvgIpc) is 2.96. The summed E-state index contributed by atoms with van der Waals surface area (Å²) < 4.78 is 18.3. The maximum absolute atomic E-state index is 12.3. The second-order valence-electron chi connectivity index (χ2n) is 9.23. The molecule has 39 heavy (non-hydrogen) atoms. The number of benzene rings is 3. The Hall–Kier alpha value is -3.37. The third kappa shape index (κ3) is 8.31. The molecule has 0 radical (unpaired) electrons. The normalized spacial score (nSPS) is 18.9. The van der Waals surface area contributed by atoms with Crippen LogP contribution >= 0.6 is 11.8 Å². The monoisotopic (exact) mass is 551 g/mol. The van der Waals surface area contributed by atoms with Crippen molar-refractivity contribution < 1.29 is 34.0 Å². The van der Waals surface area contributed by atoms with Crippen LogP contribution < -0.4 is 10.1 Å². The van der Waals surface area contributed by atoms with Gasteiger partial charge < -0.3 is 29.7 Å². The van der Waals surface area contributed by atoms with Crippen LogP contribution in [-0.2, 0) is 25.7 Å². The molecule has 8 nitrogen and oxygen atoms in total. The molecule has 0 spiro atoms. The van der Waals surface area contributed by atoms with Crippen LogP contribution in [0.25, 0.3) is 0 Å². The van der Waals surface area contributed by atoms with Crippen LogP contribution in [0.3, 0.4) is 0 Å². The van der Waals surface area contributed by atoms with E-state index in [0.29, 0.717) is 17.9 Å². The fourth-order valence-corrected chi connectivity index (χ4v) is 5.38. The van der Waals surface area contributed by atoms with E-state index in [9.17, 15) is 14.7 Å². The summed E-state index contributed by atoms with van der Waals surface area (Å²) in [6.45, 7) is -0.0233. The molecule has 1 amide bonds. The molecule has 1 aliphatic heterocycles. The van der Waals surface area contributed by atoms with E-state index in [1.54, 1.807) is 24.9 Å². The number of aliphatic hydroxyl groups is 1. The molecule has 206 valence electrons. The number of carbonyl (C=O) groups excluding carboxylic acids is 1. The number of hydrogen-bond donors (Lipinski definition) is 3. The van der Waals surface area contributed by atoms with Gasteiger partial charge in [0.05, 0.1) is 25.9 Å². The minimum absolute atomic E-state index is 0.0233. The number of amides is 1. The van der Waals surface area contributed by atoms with Crippen molar-refractivity contribution in [3.8, 4) is 5.75 Å². The van der Waals surface area contributed by atoms with Crippen molar-refractivity contribution in [2.45, 2.75) is 55.7 Å². The minimum Gasteiger partial charge on any atom is -0.496 e. The van der Waals surface area contributed by atoms with Crippen LogP contribution in [0, 0.1) is 0 Å². The molecule has 1 fully saturated rings. The molecule has 4 rings (SSSR count). The fraction of sp³-hybridized carbons (Fsp3) is 0.333. The predicted molar refractivity (Wildman–Crippen MR) is 149 cm³/mol. The number of carboxylic acids is 1. The topological polar surface area (TPSA) is 114 Å². The van der Waals surface area contributed by atoms with E-state index >= 15 is 0 Å². The van der Waals surface area contributed by atoms with Crippen molar-refractivity contribution in [2.75, 3.05) is 18.2 Å². The van der Waals surface area contributed by atoms with Crippen LogP contribution in [0.5, 0.6) is 5.75 Å². The molecule has 0 aliphatic carbocycles. The van der Waals surface area contributed by atoms with Gasteiger partial charge >= 0.3 is 5.97 Å². The third-order valence-electron chi connectivity index (χ3n) is 6.35. The Morgan fingerprint density at radius 1 is 1.00 bits per heavy atom. The van der Waals surface area contributed by atoms with E-state index < -0.39 is 12.3 Å². The first kappa shape index (κ1) is 28.6. The van der Waals surface area contributed by atoms with Crippen LogP contribution in [-0.4, -0.2) is 41.1 Å². The first-order valence-electron chi connectivity index (χ1n) is 12.8. The van der Waals surface area contributed by atoms with E-state index in [1.165, 1.54) is 0 Å². The number of nitrogens with one attached hydrogen (secondary N) is 1. The van der Waals surface area contributed by atoms with Gasteiger partial charge in [-0.15, -0.1) is 11.8 Å². The van der Waals surface area contributed by atoms with Gasteiger partial charge in [0, 0.05) is 41.2 Å². The average molecular weight is 552 g/mol. The van der Waals surface area contributed by atoms with Crippen LogP contribution in [0.2, 0.25) is 0 Å². The largest absolute Gasteiger partial charge is 0.496 e. The van der Waals surface area contributed by atoms with Crippen molar-refractivity contribution >= 4 is 29.3 Å². The molecule has 0 bridgehead atoms. The highest BCUT2D eigenvalue weighted by molar-refractivity contribution is 7.99. The Bertz CT molecular complexity index is 1250. The predicted octanol–water partition coefficient (Wildman–Crippen LogP) is 5.72. The number of rotatable bonds is 12. The number of methoxy groups -OCH3 is 1. The maximum Gasteiger partial charge on any atom is 0.303 e. The Kier molecular flexibility index (Phi) is 10.4. The van der Waals surface area contributed by atoms with Gasteiger partial charge in [-0.05, 0) is 41.8 Å². The number of ether oxygens (including phenoxy) is 3. The fourth-order valence-electron chi connectivity index (χ4n) is 4.33. The number of thioether (sulfide) groups is 1. The molecule has 9 heteroatoms. The second-order valence-corrected chi connectivity index (χ2v) is 10.3. The SMILES string of the molecule is COc1ccccc1SC[C@H]1C[C@@H](c2ccc(CO)cc2)O[C@@H](c2cccc(NC(=O)CCCC(=O)O)c2)O1. The van der Waals surface area contributed by atoms with Crippen molar-refractivity contribution in [3.63, 3.8) is 0 Å². The molecule has 3 atom stereocenters. The Morgan fingerprint density at radius 3 is 2.54 bits per heavy atom. The van der Waals surface area contributed by atoms with Gasteiger partial charge in [-0.25, -0.2) is 0 Å². The van der Waals surface area contributed by atoms with Crippen LogP contribution in [0.1, 0.15) is 54.8 Å². The number of anilines is 1. The summed E-state index contributed by atoms with van der Waals surface area (Å²) in [5, 5.41) is 21.1. The zero-order valence-corrected chi connectivity index (χ0v) is 22.6. The minimum atomic E-state index is -0.921. The Morgan fingerprint density at radius 2 is 1.79 bits per heavy atom. The number of aliphatic hydroxyl groups excluding tert-OH is 1. The van der Waals surface area contributed by atoms with Gasteiger partial charge in [0.1, 0.15) is 5.75 Å². The molecule has 1 saturated heterocycles. The smallest absolute Gasteiger partial charge is 0.303 e. The lowest BCUT2D eigenvalue weighted by molar-refractivity contribution is -0.245. The zero-order valence-electron chi connectivity index (χ0n) is 21.7. The molecule has 1 aliphatic rings. The van der Waals surface area contributed by atoms with E-state index in [-0.39, 0.29) is 44.0 Å². The lowest BCUT2D eigenvalue weighted by Crippen LogP contribution is -2.31. The Balaban J connectivity index is 1.50. The van der Waals surface area contributed by atoms with Crippen molar-refractivity contribution in [3.05, 3.63) is 89.5 Å². The molecule has 0 aromatic heterocycles. The zero-order chi connectivity index (χ0) is 27.6. The van der Waals surface area contributed by atoms with E-state index in [1.807, 2.05) is 66.7 Å². The van der Waals surface area contributed by atoms with Crippen molar-refractivity contribution in [1.82, 2.24) is 0 Å². The lowest BCUT2D eigenvalue weighted by Gasteiger charge is -2.36. The Labute approximate surface area is 232 Å². The summed E-state index contributed by atoms with van der Waals surface area (Å²) in [6.07, 6.45) is -0.0135. The second kappa shape index (κ2) is 14.1. The number of hydrogen-bond acceptors (Lipinski definition) is 7. The van der Waals surface area contributed by atoms with E-state index in [2.05, 4.69) is 5.32 Å². The summed E-state index contributed by atoms with van der Waals surface area (Å²) in [6, 6.07) is 22.9. The lowest BCUT2D eigenvalue weighted by atomic mass is 10.0. The standard InChI is InChI=1S/C30H33NO7S/c1-36-25-8-2-3-9-27(25)39-19-24-17-26(21-14-12-20(18-32)13-15-21)38-30(37-24)22-6-4-7-23(16-22)31-28(33)10-5-11-29(34)35/h2-4,6-9,12-16,24,26,30,32H,5,10-11,17-19H2,1H3,(H,31,33)(H,34,35)/t24-,26+,30+/m1/s1. The number of aliphatic carboxylic acids is 1. The molecule has 3 aromatic rings. The summed E-state index contributed by atoms with van der Waals surface area (Å²) in [7, 11) is 1.66. The molecule has 3 N–H and O–H groups in total. The molecular weight excluding hydrogens is 518 g/mol. The van der Waals surface area contributed by atoms with Crippen molar-refractivity contribution in [1.29, 1.82) is 0 Å². The van der Waals surface area contributed by atoms with Gasteiger partial charge in [-0.1, -0.05) is 48.5 Å². The molecule has 0 saturated carbocycles. The summed E-state index contributed by atoms with van der Waals surface area (Å²) in [5.41, 5.74) is 3.19. The van der Waals surface area contributed by atoms with Gasteiger partial charge in [0.25, 0.3) is 0 Å². The highest BCUT2D eigenvalue weighted by Gasteiger charge is 2.32. The van der Waals surface area contributed by atoms with Gasteiger partial charge in [0.2, 0.25) is 5.91 Å². The van der Waals surface area contributed by atoms with Crippen LogP contribution in [0.4, 0.5) is 5.69 Å². The third-order valence-corrected chi connectivity index (χ3v) is 7.53. The number of carboxylic acid groups (broad SMARTS) is 1. The maximum atomic E-state index is 12.3. The highest BCUT2D eigenvalue weighted by atomic mass is 32.2. The highest BCUT2D eigenvalue weighted by Crippen LogP contribution is 2.40. The first-order chi connectivity index (χ1) is 18.9. The molecule has 3 aromatic carbocycles. The van der Waals surface area contributed by atoms with Gasteiger partial charge in [-0.2, -0.15) is 0 Å². The number of para-hydroxylation sites is 1.